The van der Waals surface area contributed by atoms with Gasteiger partial charge in [-0.25, -0.2) is 8.42 Å². The van der Waals surface area contributed by atoms with E-state index >= 15 is 0 Å². The van der Waals surface area contributed by atoms with Gasteiger partial charge in [-0.2, -0.15) is 0 Å². The lowest BCUT2D eigenvalue weighted by Crippen LogP contribution is -2.35. The summed E-state index contributed by atoms with van der Waals surface area (Å²) in [6.45, 7) is 6.48. The van der Waals surface area contributed by atoms with Crippen LogP contribution in [0.25, 0.3) is 0 Å². The Balaban J connectivity index is 3.95. The Hall–Kier alpha value is -0.130. The van der Waals surface area contributed by atoms with Gasteiger partial charge in [-0.05, 0) is 34.2 Å². The first-order chi connectivity index (χ1) is 6.64. The van der Waals surface area contributed by atoms with Gasteiger partial charge in [-0.3, -0.25) is 0 Å². The fraction of sp³-hybridized carbons (Fsp3) is 1.00. The number of nitrogens with one attached hydrogen (secondary N) is 1. The molecular weight excluding hydrogens is 214 g/mol. The number of hydrogen-bond acceptors (Lipinski definition) is 4. The molecule has 1 atom stereocenters. The highest BCUT2D eigenvalue weighted by molar-refractivity contribution is 7.90. The molecule has 0 amide bonds. The zero-order valence-electron chi connectivity index (χ0n) is 10.3. The van der Waals surface area contributed by atoms with Crippen molar-refractivity contribution < 1.29 is 13.2 Å². The molecular formula is C10H23NO3S. The summed E-state index contributed by atoms with van der Waals surface area (Å²) in [4.78, 5) is 0. The lowest BCUT2D eigenvalue weighted by atomic mass is 10.2. The Morgan fingerprint density at radius 2 is 1.87 bits per heavy atom. The summed E-state index contributed by atoms with van der Waals surface area (Å²) in [7, 11) is -1.06. The van der Waals surface area contributed by atoms with Gasteiger partial charge in [0, 0.05) is 12.3 Å². The summed E-state index contributed by atoms with van der Waals surface area (Å²) in [5.74, 6) is 0.200. The Morgan fingerprint density at radius 1 is 1.33 bits per heavy atom. The molecule has 0 bridgehead atoms. The van der Waals surface area contributed by atoms with Gasteiger partial charge >= 0.3 is 0 Å². The van der Waals surface area contributed by atoms with Crippen LogP contribution in [-0.4, -0.2) is 45.7 Å². The van der Waals surface area contributed by atoms with Crippen molar-refractivity contribution in [2.45, 2.75) is 38.8 Å². The van der Waals surface area contributed by atoms with Crippen LogP contribution >= 0.6 is 0 Å². The number of rotatable bonds is 6. The minimum atomic E-state index is -2.88. The number of ether oxygens (including phenoxy) is 1. The average Bonchev–Trinajstić information content (AvgIpc) is 2.00. The summed E-state index contributed by atoms with van der Waals surface area (Å²) in [6, 6.07) is 0.0962. The second-order valence-corrected chi connectivity index (χ2v) is 7.09. The van der Waals surface area contributed by atoms with Crippen molar-refractivity contribution in [3.63, 3.8) is 0 Å². The molecule has 0 fully saturated rings. The van der Waals surface area contributed by atoms with Crippen molar-refractivity contribution in [3.8, 4) is 0 Å². The van der Waals surface area contributed by atoms with Gasteiger partial charge in [0.25, 0.3) is 0 Å². The predicted octanol–water partition coefficient (Wildman–Crippen LogP) is 0.824. The molecule has 0 saturated carbocycles. The first-order valence-corrected chi connectivity index (χ1v) is 7.19. The highest BCUT2D eigenvalue weighted by Crippen LogP contribution is 2.08. The molecule has 0 saturated heterocycles. The summed E-state index contributed by atoms with van der Waals surface area (Å²) in [5.41, 5.74) is -0.180. The summed E-state index contributed by atoms with van der Waals surface area (Å²) >= 11 is 0. The Labute approximate surface area is 93.3 Å². The van der Waals surface area contributed by atoms with E-state index in [1.54, 1.807) is 0 Å². The lowest BCUT2D eigenvalue weighted by molar-refractivity contribution is -0.0138. The van der Waals surface area contributed by atoms with Gasteiger partial charge in [-0.15, -0.1) is 0 Å². The van der Waals surface area contributed by atoms with Crippen molar-refractivity contribution in [2.24, 2.45) is 0 Å². The zero-order valence-corrected chi connectivity index (χ0v) is 11.1. The normalized spacial score (nSPS) is 15.3. The van der Waals surface area contributed by atoms with Crippen LogP contribution in [0.4, 0.5) is 0 Å². The third kappa shape index (κ3) is 10.2. The highest BCUT2D eigenvalue weighted by atomic mass is 32.2. The molecule has 5 heteroatoms. The van der Waals surface area contributed by atoms with Crippen molar-refractivity contribution in [2.75, 3.05) is 25.7 Å². The smallest absolute Gasteiger partial charge is 0.147 e. The standard InChI is InChI=1S/C10H23NO3S/c1-10(2,3)14-8-9(11-4)6-7-15(5,12)13/h9,11H,6-8H2,1-5H3. The van der Waals surface area contributed by atoms with Crippen LogP contribution in [0.15, 0.2) is 0 Å². The molecule has 0 aromatic carbocycles. The van der Waals surface area contributed by atoms with Crippen LogP contribution in [0.1, 0.15) is 27.2 Å². The predicted molar refractivity (Wildman–Crippen MR) is 62.9 cm³/mol. The van der Waals surface area contributed by atoms with Crippen LogP contribution in [0, 0.1) is 0 Å². The number of hydrogen-bond donors (Lipinski definition) is 1. The molecule has 0 spiro atoms. The van der Waals surface area contributed by atoms with Gasteiger partial charge in [-0.1, -0.05) is 0 Å². The SMILES string of the molecule is CNC(CCS(C)(=O)=O)COC(C)(C)C. The fourth-order valence-corrected chi connectivity index (χ4v) is 1.73. The van der Waals surface area contributed by atoms with Crippen LogP contribution in [0.5, 0.6) is 0 Å². The summed E-state index contributed by atoms with van der Waals surface area (Å²) in [5, 5.41) is 3.06. The zero-order chi connectivity index (χ0) is 12.1. The molecule has 0 rings (SSSR count). The van der Waals surface area contributed by atoms with Crippen LogP contribution < -0.4 is 5.32 Å². The first kappa shape index (κ1) is 14.9. The van der Waals surface area contributed by atoms with E-state index in [0.29, 0.717) is 13.0 Å². The largest absolute Gasteiger partial charge is 0.374 e. The molecule has 15 heavy (non-hydrogen) atoms. The quantitative estimate of drug-likeness (QED) is 0.743. The maximum absolute atomic E-state index is 11.0. The van der Waals surface area contributed by atoms with Gasteiger partial charge in [0.2, 0.25) is 0 Å². The maximum atomic E-state index is 11.0. The molecule has 1 unspecified atom stereocenters. The molecule has 0 aromatic rings. The second kappa shape index (κ2) is 5.82. The molecule has 0 aliphatic carbocycles. The van der Waals surface area contributed by atoms with E-state index in [0.717, 1.165) is 0 Å². The Kier molecular flexibility index (Phi) is 5.77. The first-order valence-electron chi connectivity index (χ1n) is 5.13. The monoisotopic (exact) mass is 237 g/mol. The number of likely N-dealkylation sites (N-methyl/N-ethyl adjacent to an activating group) is 1. The molecule has 0 radical (unpaired) electrons. The molecule has 4 nitrogen and oxygen atoms in total. The van der Waals surface area contributed by atoms with Gasteiger partial charge < -0.3 is 10.1 Å². The molecule has 0 aliphatic heterocycles. The number of sulfone groups is 1. The average molecular weight is 237 g/mol. The molecule has 1 N–H and O–H groups in total. The van der Waals surface area contributed by atoms with Crippen molar-refractivity contribution in [3.05, 3.63) is 0 Å². The minimum absolute atomic E-state index is 0.0962. The lowest BCUT2D eigenvalue weighted by Gasteiger charge is -2.24. The van der Waals surface area contributed by atoms with Crippen molar-refractivity contribution in [1.82, 2.24) is 5.32 Å². The summed E-state index contributed by atoms with van der Waals surface area (Å²) in [6.07, 6.45) is 1.84. The Bertz CT molecular complexity index is 267. The summed E-state index contributed by atoms with van der Waals surface area (Å²) < 4.78 is 27.6. The molecule has 0 heterocycles. The van der Waals surface area contributed by atoms with E-state index < -0.39 is 9.84 Å². The van der Waals surface area contributed by atoms with Crippen LogP contribution in [-0.2, 0) is 14.6 Å². The van der Waals surface area contributed by atoms with E-state index in [2.05, 4.69) is 5.32 Å². The van der Waals surface area contributed by atoms with Gasteiger partial charge in [0.15, 0.2) is 0 Å². The highest BCUT2D eigenvalue weighted by Gasteiger charge is 2.15. The van der Waals surface area contributed by atoms with E-state index in [4.69, 9.17) is 4.74 Å². The molecule has 0 aromatic heterocycles. The van der Waals surface area contributed by atoms with Crippen molar-refractivity contribution >= 4 is 9.84 Å². The van der Waals surface area contributed by atoms with Crippen LogP contribution in [0.2, 0.25) is 0 Å². The second-order valence-electron chi connectivity index (χ2n) is 4.83. The van der Waals surface area contributed by atoms with E-state index in [1.807, 2.05) is 27.8 Å². The van der Waals surface area contributed by atoms with Gasteiger partial charge in [0.1, 0.15) is 9.84 Å². The van der Waals surface area contributed by atoms with E-state index in [1.165, 1.54) is 6.26 Å². The fourth-order valence-electron chi connectivity index (χ4n) is 1.02. The van der Waals surface area contributed by atoms with Crippen molar-refractivity contribution in [1.29, 1.82) is 0 Å². The van der Waals surface area contributed by atoms with E-state index in [9.17, 15) is 8.42 Å². The van der Waals surface area contributed by atoms with Gasteiger partial charge in [0.05, 0.1) is 18.0 Å². The molecule has 0 aliphatic rings. The third-order valence-corrected chi connectivity index (χ3v) is 2.94. The van der Waals surface area contributed by atoms with E-state index in [-0.39, 0.29) is 17.4 Å². The maximum Gasteiger partial charge on any atom is 0.147 e. The minimum Gasteiger partial charge on any atom is -0.374 e. The Morgan fingerprint density at radius 3 is 2.20 bits per heavy atom. The van der Waals surface area contributed by atoms with Crippen LogP contribution in [0.3, 0.4) is 0 Å². The topological polar surface area (TPSA) is 55.4 Å². The third-order valence-electron chi connectivity index (χ3n) is 1.96. The molecule has 92 valence electrons.